The molecule has 0 bridgehead atoms. The lowest BCUT2D eigenvalue weighted by Crippen LogP contribution is -2.33. The van der Waals surface area contributed by atoms with Crippen LogP contribution in [0.25, 0.3) is 0 Å². The van der Waals surface area contributed by atoms with Crippen LogP contribution in [-0.2, 0) is 4.79 Å². The lowest BCUT2D eigenvalue weighted by molar-refractivity contribution is -0.115. The second-order valence-electron chi connectivity index (χ2n) is 5.06. The molecule has 2 N–H and O–H groups in total. The van der Waals surface area contributed by atoms with Crippen LogP contribution in [0.15, 0.2) is 42.5 Å². The minimum atomic E-state index is -0.421. The van der Waals surface area contributed by atoms with Gasteiger partial charge < -0.3 is 10.6 Å². The van der Waals surface area contributed by atoms with E-state index in [1.165, 1.54) is 24.3 Å². The maximum Gasteiger partial charge on any atom is 0.251 e. The Morgan fingerprint density at radius 1 is 1.05 bits per heavy atom. The zero-order chi connectivity index (χ0) is 16.1. The van der Waals surface area contributed by atoms with Gasteiger partial charge >= 0.3 is 0 Å². The highest BCUT2D eigenvalue weighted by Gasteiger charge is 2.09. The molecule has 0 saturated heterocycles. The minimum absolute atomic E-state index is 0.149. The standard InChI is InChI=1S/C17H17FN2O2/c1-11-3-8-15(12(2)9-11)20-16(21)10-19-17(22)13-4-6-14(18)7-5-13/h3-9H,10H2,1-2H3,(H,19,22)(H,20,21). The van der Waals surface area contributed by atoms with Gasteiger partial charge in [-0.3, -0.25) is 9.59 Å². The highest BCUT2D eigenvalue weighted by molar-refractivity contribution is 5.99. The van der Waals surface area contributed by atoms with Crippen molar-refractivity contribution in [2.24, 2.45) is 0 Å². The van der Waals surface area contributed by atoms with Crippen LogP contribution in [0.5, 0.6) is 0 Å². The Hall–Kier alpha value is -2.69. The topological polar surface area (TPSA) is 58.2 Å². The summed E-state index contributed by atoms with van der Waals surface area (Å²) in [5, 5.41) is 5.24. The molecule has 0 spiro atoms. The van der Waals surface area contributed by atoms with E-state index in [0.717, 1.165) is 11.1 Å². The number of carbonyl (C=O) groups excluding carboxylic acids is 2. The monoisotopic (exact) mass is 300 g/mol. The third-order valence-corrected chi connectivity index (χ3v) is 3.17. The van der Waals surface area contributed by atoms with Crippen molar-refractivity contribution in [2.75, 3.05) is 11.9 Å². The largest absolute Gasteiger partial charge is 0.343 e. The van der Waals surface area contributed by atoms with Gasteiger partial charge in [-0.25, -0.2) is 4.39 Å². The first-order chi connectivity index (χ1) is 10.5. The molecule has 2 amide bonds. The molecule has 114 valence electrons. The van der Waals surface area contributed by atoms with Crippen molar-refractivity contribution in [1.82, 2.24) is 5.32 Å². The summed E-state index contributed by atoms with van der Waals surface area (Å²) >= 11 is 0. The Morgan fingerprint density at radius 3 is 2.36 bits per heavy atom. The fourth-order valence-electron chi connectivity index (χ4n) is 2.01. The van der Waals surface area contributed by atoms with E-state index in [2.05, 4.69) is 10.6 Å². The normalized spacial score (nSPS) is 10.1. The van der Waals surface area contributed by atoms with Crippen molar-refractivity contribution in [1.29, 1.82) is 0 Å². The summed E-state index contributed by atoms with van der Waals surface area (Å²) in [5.41, 5.74) is 3.09. The van der Waals surface area contributed by atoms with Crippen molar-refractivity contribution >= 4 is 17.5 Å². The van der Waals surface area contributed by atoms with Crippen LogP contribution in [-0.4, -0.2) is 18.4 Å². The van der Waals surface area contributed by atoms with Crippen LogP contribution in [0.4, 0.5) is 10.1 Å². The van der Waals surface area contributed by atoms with E-state index in [1.54, 1.807) is 0 Å². The van der Waals surface area contributed by atoms with E-state index in [9.17, 15) is 14.0 Å². The summed E-state index contributed by atoms with van der Waals surface area (Å²) in [4.78, 5) is 23.7. The summed E-state index contributed by atoms with van der Waals surface area (Å²) < 4.78 is 12.8. The summed E-state index contributed by atoms with van der Waals surface area (Å²) in [6.45, 7) is 3.73. The Morgan fingerprint density at radius 2 is 1.73 bits per heavy atom. The molecule has 22 heavy (non-hydrogen) atoms. The molecule has 0 saturated carbocycles. The van der Waals surface area contributed by atoms with E-state index < -0.39 is 11.7 Å². The highest BCUT2D eigenvalue weighted by Crippen LogP contribution is 2.15. The van der Waals surface area contributed by atoms with Gasteiger partial charge in [-0.1, -0.05) is 17.7 Å². The number of aryl methyl sites for hydroxylation is 2. The van der Waals surface area contributed by atoms with Crippen LogP contribution >= 0.6 is 0 Å². The number of hydrogen-bond donors (Lipinski definition) is 2. The molecule has 2 aromatic rings. The number of halogens is 1. The van der Waals surface area contributed by atoms with Crippen molar-refractivity contribution in [3.63, 3.8) is 0 Å². The second-order valence-corrected chi connectivity index (χ2v) is 5.06. The summed E-state index contributed by atoms with van der Waals surface area (Å²) in [6.07, 6.45) is 0. The first-order valence-corrected chi connectivity index (χ1v) is 6.86. The maximum atomic E-state index is 12.8. The third-order valence-electron chi connectivity index (χ3n) is 3.17. The van der Waals surface area contributed by atoms with Crippen molar-refractivity contribution in [3.8, 4) is 0 Å². The first-order valence-electron chi connectivity index (χ1n) is 6.86. The third kappa shape index (κ3) is 4.15. The van der Waals surface area contributed by atoms with Gasteiger partial charge in [0.15, 0.2) is 0 Å². The molecule has 4 nitrogen and oxygen atoms in total. The number of nitrogens with one attached hydrogen (secondary N) is 2. The number of amides is 2. The minimum Gasteiger partial charge on any atom is -0.343 e. The van der Waals surface area contributed by atoms with Crippen molar-refractivity contribution in [3.05, 3.63) is 65.0 Å². The summed E-state index contributed by atoms with van der Waals surface area (Å²) in [7, 11) is 0. The number of hydrogen-bond acceptors (Lipinski definition) is 2. The van der Waals surface area contributed by atoms with Crippen LogP contribution in [0, 0.1) is 19.7 Å². The Balaban J connectivity index is 1.89. The fourth-order valence-corrected chi connectivity index (χ4v) is 2.01. The number of benzene rings is 2. The molecular formula is C17H17FN2O2. The van der Waals surface area contributed by atoms with E-state index >= 15 is 0 Å². The van der Waals surface area contributed by atoms with Gasteiger partial charge in [0.1, 0.15) is 5.82 Å². The molecule has 0 atom stereocenters. The number of anilines is 1. The van der Waals surface area contributed by atoms with Gasteiger partial charge in [0.05, 0.1) is 6.54 Å². The summed E-state index contributed by atoms with van der Waals surface area (Å²) in [6, 6.07) is 10.8. The lowest BCUT2D eigenvalue weighted by atomic mass is 10.1. The van der Waals surface area contributed by atoms with Crippen LogP contribution < -0.4 is 10.6 Å². The van der Waals surface area contributed by atoms with Crippen molar-refractivity contribution in [2.45, 2.75) is 13.8 Å². The Bertz CT molecular complexity index is 696. The smallest absolute Gasteiger partial charge is 0.251 e. The van der Waals surface area contributed by atoms with Gasteiger partial charge in [0, 0.05) is 11.3 Å². The van der Waals surface area contributed by atoms with Gasteiger partial charge in [-0.2, -0.15) is 0 Å². The predicted molar refractivity (Wildman–Crippen MR) is 83.3 cm³/mol. The lowest BCUT2D eigenvalue weighted by Gasteiger charge is -2.10. The van der Waals surface area contributed by atoms with Gasteiger partial charge in [0.2, 0.25) is 5.91 Å². The molecule has 0 radical (unpaired) electrons. The quantitative estimate of drug-likeness (QED) is 0.912. The second kappa shape index (κ2) is 6.85. The van der Waals surface area contributed by atoms with E-state index in [4.69, 9.17) is 0 Å². The molecule has 2 aromatic carbocycles. The molecule has 0 aromatic heterocycles. The fraction of sp³-hybridized carbons (Fsp3) is 0.176. The number of rotatable bonds is 4. The molecular weight excluding hydrogens is 283 g/mol. The van der Waals surface area contributed by atoms with Crippen molar-refractivity contribution < 1.29 is 14.0 Å². The summed E-state index contributed by atoms with van der Waals surface area (Å²) in [5.74, 6) is -1.15. The van der Waals surface area contributed by atoms with E-state index in [0.29, 0.717) is 11.3 Å². The van der Waals surface area contributed by atoms with E-state index in [1.807, 2.05) is 32.0 Å². The predicted octanol–water partition coefficient (Wildman–Crippen LogP) is 2.81. The first kappa shape index (κ1) is 15.7. The van der Waals surface area contributed by atoms with Gasteiger partial charge in [0.25, 0.3) is 5.91 Å². The molecule has 0 unspecified atom stereocenters. The van der Waals surface area contributed by atoms with E-state index in [-0.39, 0.29) is 12.5 Å². The molecule has 0 aliphatic rings. The highest BCUT2D eigenvalue weighted by atomic mass is 19.1. The average Bonchev–Trinajstić information content (AvgIpc) is 2.48. The van der Waals surface area contributed by atoms with Gasteiger partial charge in [-0.15, -0.1) is 0 Å². The molecule has 2 rings (SSSR count). The molecule has 0 heterocycles. The van der Waals surface area contributed by atoms with Crippen LogP contribution in [0.2, 0.25) is 0 Å². The molecule has 0 fully saturated rings. The van der Waals surface area contributed by atoms with Crippen LogP contribution in [0.1, 0.15) is 21.5 Å². The molecule has 5 heteroatoms. The van der Waals surface area contributed by atoms with Gasteiger partial charge in [-0.05, 0) is 49.7 Å². The SMILES string of the molecule is Cc1ccc(NC(=O)CNC(=O)c2ccc(F)cc2)c(C)c1. The molecule has 0 aliphatic heterocycles. The Kier molecular flexibility index (Phi) is 4.88. The molecule has 0 aliphatic carbocycles. The van der Waals surface area contributed by atoms with Crippen LogP contribution in [0.3, 0.4) is 0 Å². The Labute approximate surface area is 128 Å². The average molecular weight is 300 g/mol. The zero-order valence-electron chi connectivity index (χ0n) is 12.4. The number of carbonyl (C=O) groups is 2. The maximum absolute atomic E-state index is 12.8. The zero-order valence-corrected chi connectivity index (χ0v) is 12.4.